The van der Waals surface area contributed by atoms with Crippen LogP contribution in [0.3, 0.4) is 0 Å². The standard InChI is InChI=1S/C24H33N3O5S/c1-6-15-25-24(29)19(3)26(16-20-10-8-7-9-18(20)2)23(28)17-27(33(5,30)31)21-11-13-22(32-4)14-12-21/h7-14,19H,6,15-17H2,1-5H3,(H,25,29). The summed E-state index contributed by atoms with van der Waals surface area (Å²) in [7, 11) is -2.25. The topological polar surface area (TPSA) is 96.0 Å². The van der Waals surface area contributed by atoms with Crippen molar-refractivity contribution in [3.63, 3.8) is 0 Å². The number of nitrogens with one attached hydrogen (secondary N) is 1. The third kappa shape index (κ3) is 7.21. The highest BCUT2D eigenvalue weighted by molar-refractivity contribution is 7.92. The Morgan fingerprint density at radius 1 is 1.09 bits per heavy atom. The number of amides is 2. The molecule has 2 aromatic rings. The number of sulfonamides is 1. The molecule has 8 nitrogen and oxygen atoms in total. The van der Waals surface area contributed by atoms with Gasteiger partial charge >= 0.3 is 0 Å². The predicted molar refractivity (Wildman–Crippen MR) is 130 cm³/mol. The number of ether oxygens (including phenoxy) is 1. The van der Waals surface area contributed by atoms with E-state index in [4.69, 9.17) is 4.74 Å². The number of carbonyl (C=O) groups is 2. The maximum atomic E-state index is 13.4. The molecule has 1 N–H and O–H groups in total. The zero-order valence-electron chi connectivity index (χ0n) is 19.9. The van der Waals surface area contributed by atoms with Gasteiger partial charge in [-0.3, -0.25) is 13.9 Å². The van der Waals surface area contributed by atoms with Gasteiger partial charge in [-0.1, -0.05) is 31.2 Å². The third-order valence-corrected chi connectivity index (χ3v) is 6.50. The fourth-order valence-electron chi connectivity index (χ4n) is 3.31. The van der Waals surface area contributed by atoms with E-state index in [1.54, 1.807) is 31.2 Å². The number of hydrogen-bond acceptors (Lipinski definition) is 5. The summed E-state index contributed by atoms with van der Waals surface area (Å²) in [6.07, 6.45) is 1.82. The van der Waals surface area contributed by atoms with Crippen molar-refractivity contribution in [2.45, 2.75) is 39.8 Å². The molecule has 0 aliphatic heterocycles. The zero-order valence-corrected chi connectivity index (χ0v) is 20.7. The number of carbonyl (C=O) groups excluding carboxylic acids is 2. The zero-order chi connectivity index (χ0) is 24.6. The quantitative estimate of drug-likeness (QED) is 0.539. The maximum Gasteiger partial charge on any atom is 0.244 e. The minimum Gasteiger partial charge on any atom is -0.497 e. The lowest BCUT2D eigenvalue weighted by molar-refractivity contribution is -0.139. The van der Waals surface area contributed by atoms with Gasteiger partial charge in [-0.25, -0.2) is 8.42 Å². The van der Waals surface area contributed by atoms with E-state index in [2.05, 4.69) is 5.32 Å². The third-order valence-electron chi connectivity index (χ3n) is 5.36. The first kappa shape index (κ1) is 26.2. The average Bonchev–Trinajstić information content (AvgIpc) is 2.79. The van der Waals surface area contributed by atoms with Gasteiger partial charge in [0.2, 0.25) is 21.8 Å². The number of methoxy groups -OCH3 is 1. The molecule has 0 saturated carbocycles. The van der Waals surface area contributed by atoms with Gasteiger partial charge in [0.1, 0.15) is 18.3 Å². The molecule has 0 aliphatic rings. The fraction of sp³-hybridized carbons (Fsp3) is 0.417. The van der Waals surface area contributed by atoms with Crippen molar-refractivity contribution < 1.29 is 22.7 Å². The van der Waals surface area contributed by atoms with Crippen LogP contribution >= 0.6 is 0 Å². The largest absolute Gasteiger partial charge is 0.497 e. The molecule has 2 amide bonds. The first-order valence-electron chi connectivity index (χ1n) is 10.8. The van der Waals surface area contributed by atoms with Crippen LogP contribution in [0.2, 0.25) is 0 Å². The highest BCUT2D eigenvalue weighted by Crippen LogP contribution is 2.22. The Kier molecular flexibility index (Phi) is 9.28. The first-order valence-corrected chi connectivity index (χ1v) is 12.7. The molecule has 0 heterocycles. The van der Waals surface area contributed by atoms with Crippen LogP contribution in [0, 0.1) is 6.92 Å². The molecule has 33 heavy (non-hydrogen) atoms. The highest BCUT2D eigenvalue weighted by atomic mass is 32.2. The van der Waals surface area contributed by atoms with Gasteiger partial charge in [-0.05, 0) is 55.7 Å². The van der Waals surface area contributed by atoms with Crippen molar-refractivity contribution in [2.75, 3.05) is 30.8 Å². The Labute approximate surface area is 196 Å². The van der Waals surface area contributed by atoms with Gasteiger partial charge in [0, 0.05) is 13.1 Å². The van der Waals surface area contributed by atoms with Crippen molar-refractivity contribution in [3.8, 4) is 5.75 Å². The molecular formula is C24H33N3O5S. The fourth-order valence-corrected chi connectivity index (χ4v) is 4.16. The van der Waals surface area contributed by atoms with Gasteiger partial charge in [0.25, 0.3) is 0 Å². The van der Waals surface area contributed by atoms with Crippen LogP contribution in [0.4, 0.5) is 5.69 Å². The van der Waals surface area contributed by atoms with Crippen molar-refractivity contribution in [1.82, 2.24) is 10.2 Å². The molecular weight excluding hydrogens is 442 g/mol. The summed E-state index contributed by atoms with van der Waals surface area (Å²) < 4.78 is 31.3. The average molecular weight is 476 g/mol. The van der Waals surface area contributed by atoms with Crippen LogP contribution in [-0.2, 0) is 26.2 Å². The molecule has 0 aromatic heterocycles. The molecule has 0 bridgehead atoms. The number of rotatable bonds is 11. The second-order valence-corrected chi connectivity index (χ2v) is 9.79. The Balaban J connectivity index is 2.37. The summed E-state index contributed by atoms with van der Waals surface area (Å²) in [6.45, 7) is 5.78. The highest BCUT2D eigenvalue weighted by Gasteiger charge is 2.30. The lowest BCUT2D eigenvalue weighted by atomic mass is 10.1. The molecule has 1 unspecified atom stereocenters. The molecule has 0 radical (unpaired) electrons. The number of anilines is 1. The summed E-state index contributed by atoms with van der Waals surface area (Å²) in [6, 6.07) is 13.2. The van der Waals surface area contributed by atoms with E-state index in [9.17, 15) is 18.0 Å². The van der Waals surface area contributed by atoms with Gasteiger partial charge in [-0.2, -0.15) is 0 Å². The molecule has 9 heteroatoms. The van der Waals surface area contributed by atoms with Crippen LogP contribution in [0.25, 0.3) is 0 Å². The van der Waals surface area contributed by atoms with Crippen LogP contribution in [0.15, 0.2) is 48.5 Å². The normalized spacial score (nSPS) is 12.0. The molecule has 2 aromatic carbocycles. The molecule has 0 spiro atoms. The van der Waals surface area contributed by atoms with Crippen molar-refractivity contribution in [2.24, 2.45) is 0 Å². The minimum atomic E-state index is -3.76. The van der Waals surface area contributed by atoms with Crippen LogP contribution in [0.5, 0.6) is 5.75 Å². The number of aryl methyl sites for hydroxylation is 1. The monoisotopic (exact) mass is 475 g/mol. The second kappa shape index (κ2) is 11.7. The first-order chi connectivity index (χ1) is 15.6. The van der Waals surface area contributed by atoms with Crippen LogP contribution < -0.4 is 14.4 Å². The predicted octanol–water partition coefficient (Wildman–Crippen LogP) is 2.71. The van der Waals surface area contributed by atoms with Gasteiger partial charge in [0.15, 0.2) is 0 Å². The summed E-state index contributed by atoms with van der Waals surface area (Å²) >= 11 is 0. The van der Waals surface area contributed by atoms with E-state index in [0.29, 0.717) is 18.0 Å². The van der Waals surface area contributed by atoms with Crippen molar-refractivity contribution in [1.29, 1.82) is 0 Å². The lowest BCUT2D eigenvalue weighted by Gasteiger charge is -2.31. The number of nitrogens with zero attached hydrogens (tertiary/aromatic N) is 2. The summed E-state index contributed by atoms with van der Waals surface area (Å²) in [5.41, 5.74) is 2.20. The molecule has 0 saturated heterocycles. The number of hydrogen-bond donors (Lipinski definition) is 1. The van der Waals surface area contributed by atoms with E-state index in [1.807, 2.05) is 38.1 Å². The number of benzene rings is 2. The molecule has 1 atom stereocenters. The molecule has 0 aliphatic carbocycles. The Morgan fingerprint density at radius 2 is 1.73 bits per heavy atom. The molecule has 2 rings (SSSR count). The minimum absolute atomic E-state index is 0.187. The molecule has 0 fully saturated rings. The Hall–Kier alpha value is -3.07. The van der Waals surface area contributed by atoms with Crippen molar-refractivity contribution >= 4 is 27.5 Å². The van der Waals surface area contributed by atoms with Gasteiger partial charge < -0.3 is 15.0 Å². The van der Waals surface area contributed by atoms with E-state index < -0.39 is 28.5 Å². The van der Waals surface area contributed by atoms with E-state index in [1.165, 1.54) is 12.0 Å². The van der Waals surface area contributed by atoms with E-state index in [0.717, 1.165) is 28.1 Å². The van der Waals surface area contributed by atoms with Crippen molar-refractivity contribution in [3.05, 3.63) is 59.7 Å². The summed E-state index contributed by atoms with van der Waals surface area (Å²) in [5, 5.41) is 2.82. The summed E-state index contributed by atoms with van der Waals surface area (Å²) in [4.78, 5) is 27.6. The maximum absolute atomic E-state index is 13.4. The summed E-state index contributed by atoms with van der Waals surface area (Å²) in [5.74, 6) is -0.186. The van der Waals surface area contributed by atoms with Crippen LogP contribution in [-0.4, -0.2) is 57.6 Å². The van der Waals surface area contributed by atoms with Gasteiger partial charge in [-0.15, -0.1) is 0 Å². The van der Waals surface area contributed by atoms with E-state index >= 15 is 0 Å². The smallest absolute Gasteiger partial charge is 0.244 e. The lowest BCUT2D eigenvalue weighted by Crippen LogP contribution is -2.51. The molecule has 180 valence electrons. The van der Waals surface area contributed by atoms with Crippen LogP contribution in [0.1, 0.15) is 31.4 Å². The Bertz CT molecular complexity index is 1050. The Morgan fingerprint density at radius 3 is 2.27 bits per heavy atom. The second-order valence-electron chi connectivity index (χ2n) is 7.88. The van der Waals surface area contributed by atoms with E-state index in [-0.39, 0.29) is 12.5 Å². The van der Waals surface area contributed by atoms with Gasteiger partial charge in [0.05, 0.1) is 19.1 Å². The SMILES string of the molecule is CCCNC(=O)C(C)N(Cc1ccccc1C)C(=O)CN(c1ccc(OC)cc1)S(C)(=O)=O.